The van der Waals surface area contributed by atoms with Crippen molar-refractivity contribution in [1.29, 1.82) is 0 Å². The van der Waals surface area contributed by atoms with Gasteiger partial charge in [0.25, 0.3) is 11.5 Å². The fraction of sp³-hybridized carbons (Fsp3) is 0.533. The third-order valence-corrected chi connectivity index (χ3v) is 9.48. The quantitative estimate of drug-likeness (QED) is 0.0607. The number of amidine groups is 1. The summed E-state index contributed by atoms with van der Waals surface area (Å²) in [4.78, 5) is 52.3. The number of aromatic nitrogens is 1. The fourth-order valence-corrected chi connectivity index (χ4v) is 6.56. The molecule has 11 N–H and O–H groups in total. The van der Waals surface area contributed by atoms with Crippen molar-refractivity contribution in [2.45, 2.75) is 93.8 Å². The number of β-lactam (4-membered cyclic amide) rings is 1. The van der Waals surface area contributed by atoms with Crippen LogP contribution in [0.3, 0.4) is 0 Å². The molecule has 3 heterocycles. The van der Waals surface area contributed by atoms with E-state index in [1.54, 1.807) is 26.0 Å². The second-order valence-corrected chi connectivity index (χ2v) is 14.0. The molecule has 17 heteroatoms. The molecule has 2 amide bonds. The van der Waals surface area contributed by atoms with Crippen LogP contribution in [-0.4, -0.2) is 97.2 Å². The molecule has 1 aromatic heterocycles. The van der Waals surface area contributed by atoms with E-state index in [2.05, 4.69) is 25.8 Å². The van der Waals surface area contributed by atoms with Gasteiger partial charge in [0.05, 0.1) is 24.3 Å². The summed E-state index contributed by atoms with van der Waals surface area (Å²) in [5.74, 6) is -1.79. The summed E-state index contributed by atoms with van der Waals surface area (Å²) in [6.07, 6.45) is 0.124. The number of ether oxygens (including phenoxy) is 1. The largest absolute Gasteiger partial charge is 0.485 e. The summed E-state index contributed by atoms with van der Waals surface area (Å²) < 4.78 is 6.11. The zero-order valence-corrected chi connectivity index (χ0v) is 27.0. The number of anilines is 1. The van der Waals surface area contributed by atoms with Crippen LogP contribution in [0.1, 0.15) is 63.3 Å². The first-order valence-electron chi connectivity index (χ1n) is 15.1. The first kappa shape index (κ1) is 34.0. The van der Waals surface area contributed by atoms with Crippen LogP contribution < -0.4 is 32.6 Å². The predicted octanol–water partition coefficient (Wildman–Crippen LogP) is -0.615. The highest BCUT2D eigenvalue weighted by molar-refractivity contribution is 7.13. The van der Waals surface area contributed by atoms with Gasteiger partial charge < -0.3 is 52.7 Å². The van der Waals surface area contributed by atoms with Crippen LogP contribution in [0.25, 0.3) is 0 Å². The number of amides is 2. The highest BCUT2D eigenvalue weighted by Crippen LogP contribution is 2.37. The second-order valence-electron chi connectivity index (χ2n) is 13.1. The van der Waals surface area contributed by atoms with E-state index in [1.165, 1.54) is 12.3 Å². The smallest absolute Gasteiger partial charge is 0.354 e. The lowest BCUT2D eigenvalue weighted by Gasteiger charge is -2.44. The minimum Gasteiger partial charge on any atom is -0.485 e. The van der Waals surface area contributed by atoms with Gasteiger partial charge in [-0.2, -0.15) is 0 Å². The Morgan fingerprint density at radius 2 is 2.06 bits per heavy atom. The van der Waals surface area contributed by atoms with Crippen LogP contribution >= 0.6 is 11.3 Å². The predicted molar refractivity (Wildman–Crippen MR) is 172 cm³/mol. The van der Waals surface area contributed by atoms with Crippen LogP contribution in [0.15, 0.2) is 33.7 Å². The Hall–Kier alpha value is -4.32. The molecule has 1 aliphatic carbocycles. The summed E-state index contributed by atoms with van der Waals surface area (Å²) in [5, 5.41) is 40.0. The Kier molecular flexibility index (Phi) is 9.20. The van der Waals surface area contributed by atoms with Gasteiger partial charge in [0, 0.05) is 16.5 Å². The minimum atomic E-state index is -2.03. The van der Waals surface area contributed by atoms with Gasteiger partial charge in [-0.25, -0.2) is 9.78 Å². The number of oxime groups is 1. The Labute approximate surface area is 274 Å². The number of benzene rings is 1. The van der Waals surface area contributed by atoms with Crippen molar-refractivity contribution in [3.05, 3.63) is 40.4 Å². The lowest BCUT2D eigenvalue weighted by molar-refractivity contribution is -0.178. The number of hydrogen-bond donors (Lipinski definition) is 8. The molecule has 1 unspecified atom stereocenters. The maximum atomic E-state index is 13.3. The molecule has 1 aromatic carbocycles. The molecule has 1 saturated carbocycles. The number of hydrogen-bond acceptors (Lipinski definition) is 13. The normalized spacial score (nSPS) is 27.1. The van der Waals surface area contributed by atoms with Crippen molar-refractivity contribution >= 4 is 45.8 Å². The summed E-state index contributed by atoms with van der Waals surface area (Å²) >= 11 is 1.05. The Morgan fingerprint density at radius 1 is 1.34 bits per heavy atom. The van der Waals surface area contributed by atoms with E-state index < -0.39 is 46.8 Å². The van der Waals surface area contributed by atoms with E-state index in [0.717, 1.165) is 16.9 Å². The molecule has 2 aromatic rings. The summed E-state index contributed by atoms with van der Waals surface area (Å²) in [7, 11) is 0. The number of nitrogens with zero attached hydrogens (tertiary/aromatic N) is 3. The molecule has 0 bridgehead atoms. The Morgan fingerprint density at radius 3 is 2.66 bits per heavy atom. The molecular formula is C30H40N8O8S. The number of aliphatic hydroxyl groups is 2. The average molecular weight is 673 g/mol. The third-order valence-electron chi connectivity index (χ3n) is 8.81. The molecule has 47 heavy (non-hydrogen) atoms. The lowest BCUT2D eigenvalue weighted by Crippen LogP contribution is -2.75. The Bertz CT molecular complexity index is 1620. The molecule has 3 aliphatic rings. The molecule has 4 atom stereocenters. The summed E-state index contributed by atoms with van der Waals surface area (Å²) in [6, 6.07) is 4.27. The van der Waals surface area contributed by atoms with Crippen LogP contribution in [0.4, 0.5) is 5.13 Å². The number of thiazole rings is 1. The van der Waals surface area contributed by atoms with Crippen LogP contribution in [0, 0.1) is 0 Å². The lowest BCUT2D eigenvalue weighted by atomic mass is 9.70. The molecule has 5 rings (SSSR count). The Balaban J connectivity index is 1.30. The van der Waals surface area contributed by atoms with Gasteiger partial charge in [0.2, 0.25) is 5.91 Å². The van der Waals surface area contributed by atoms with E-state index in [1.807, 2.05) is 6.07 Å². The van der Waals surface area contributed by atoms with Crippen LogP contribution in [0.2, 0.25) is 0 Å². The maximum Gasteiger partial charge on any atom is 0.354 e. The molecular weight excluding hydrogens is 632 g/mol. The number of rotatable bonds is 12. The number of nitrogens with two attached hydrogens (primary N) is 3. The number of carboxylic acid groups (broad SMARTS) is 1. The molecule has 0 spiro atoms. The van der Waals surface area contributed by atoms with Crippen molar-refractivity contribution in [3.63, 3.8) is 0 Å². The molecule has 2 aliphatic heterocycles. The van der Waals surface area contributed by atoms with Crippen LogP contribution in [0.5, 0.6) is 5.75 Å². The first-order chi connectivity index (χ1) is 22.0. The SMILES string of the molecule is CC1(C)NC(=O)[C@H]1NC(=O)/C(=N\O[C@](C)(C(=O)O)[C@H]1CCc2cc(C(N)=NC3CC(N)(CC(O)CO)C3)ccc2O1)c1csc(N)n1. The third kappa shape index (κ3) is 7.02. The number of nitrogen functional groups attached to an aromatic ring is 1. The molecule has 254 valence electrons. The molecule has 1 saturated heterocycles. The summed E-state index contributed by atoms with van der Waals surface area (Å²) in [5.41, 5.74) is 16.2. The van der Waals surface area contributed by atoms with Gasteiger partial charge >= 0.3 is 5.97 Å². The molecule has 16 nitrogen and oxygen atoms in total. The average Bonchev–Trinajstić information content (AvgIpc) is 3.43. The summed E-state index contributed by atoms with van der Waals surface area (Å²) in [6.45, 7) is 4.43. The monoisotopic (exact) mass is 672 g/mol. The number of fused-ring (bicyclic) bond motifs is 1. The van der Waals surface area contributed by atoms with E-state index >= 15 is 0 Å². The van der Waals surface area contributed by atoms with E-state index in [-0.39, 0.29) is 47.9 Å². The topological polar surface area (TPSA) is 270 Å². The van der Waals surface area contributed by atoms with Gasteiger partial charge in [0.1, 0.15) is 23.3 Å². The van der Waals surface area contributed by atoms with Crippen LogP contribution in [-0.2, 0) is 25.6 Å². The zero-order chi connectivity index (χ0) is 34.3. The second kappa shape index (κ2) is 12.7. The van der Waals surface area contributed by atoms with Crippen molar-refractivity contribution in [3.8, 4) is 5.75 Å². The van der Waals surface area contributed by atoms with Crippen molar-refractivity contribution in [2.24, 2.45) is 21.6 Å². The van der Waals surface area contributed by atoms with Gasteiger partial charge in [-0.05, 0) is 76.6 Å². The van der Waals surface area contributed by atoms with E-state index in [4.69, 9.17) is 31.9 Å². The van der Waals surface area contributed by atoms with Gasteiger partial charge in [-0.15, -0.1) is 11.3 Å². The highest BCUT2D eigenvalue weighted by atomic mass is 32.1. The number of carboxylic acids is 1. The first-order valence-corrected chi connectivity index (χ1v) is 16.0. The number of carbonyl (C=O) groups excluding carboxylic acids is 2. The number of carbonyl (C=O) groups is 3. The molecule has 2 fully saturated rings. The highest BCUT2D eigenvalue weighted by Gasteiger charge is 2.50. The number of aryl methyl sites for hydroxylation is 1. The minimum absolute atomic E-state index is 0.0544. The van der Waals surface area contributed by atoms with Gasteiger partial charge in [0.15, 0.2) is 16.9 Å². The maximum absolute atomic E-state index is 13.3. The van der Waals surface area contributed by atoms with E-state index in [9.17, 15) is 24.6 Å². The fourth-order valence-electron chi connectivity index (χ4n) is 6.01. The zero-order valence-electron chi connectivity index (χ0n) is 26.2. The van der Waals surface area contributed by atoms with Crippen molar-refractivity contribution in [1.82, 2.24) is 15.6 Å². The number of aliphatic hydroxyl groups excluding tert-OH is 2. The van der Waals surface area contributed by atoms with Crippen molar-refractivity contribution in [2.75, 3.05) is 12.3 Å². The van der Waals surface area contributed by atoms with Crippen molar-refractivity contribution < 1.29 is 39.3 Å². The number of aliphatic carboxylic acids is 1. The standard InChI is InChI=1S/C30H40N8O8S/c1-28(2)22(25(42)37-28)36-24(41)21(18-13-47-27(32)35-18)38-46-29(3,26(43)44)20-7-5-14-8-15(4-6-19(14)45-20)23(31)34-16-9-30(33,10-16)11-17(40)12-39/h4,6,8,13,16-17,20,22,39-40H,5,7,9-12,33H2,1-3H3,(H2,31,34)(H2,32,35)(H,36,41)(H,37,42)(H,43,44)/b38-21-/t16?,17?,20-,22-,29+,30?/m1/s1. The number of nitrogens with one attached hydrogen (secondary N) is 2. The van der Waals surface area contributed by atoms with E-state index in [0.29, 0.717) is 36.4 Å². The molecule has 0 radical (unpaired) electrons. The van der Waals surface area contributed by atoms with Gasteiger partial charge in [-0.1, -0.05) is 5.16 Å². The van der Waals surface area contributed by atoms with Gasteiger partial charge in [-0.3, -0.25) is 14.6 Å². The number of aliphatic imine (C=N–C) groups is 1.